The van der Waals surface area contributed by atoms with Gasteiger partial charge in [-0.1, -0.05) is 55.5 Å². The molecule has 0 saturated carbocycles. The second-order valence-electron chi connectivity index (χ2n) is 8.37. The van der Waals surface area contributed by atoms with Crippen molar-refractivity contribution in [2.24, 2.45) is 0 Å². The fourth-order valence-electron chi connectivity index (χ4n) is 4.57. The largest absolute Gasteiger partial charge is 0.479 e. The Labute approximate surface area is 192 Å². The lowest BCUT2D eigenvalue weighted by molar-refractivity contribution is -0.148. The van der Waals surface area contributed by atoms with E-state index in [0.717, 1.165) is 22.3 Å². The Morgan fingerprint density at radius 2 is 1.73 bits per heavy atom. The Hall–Kier alpha value is -3.39. The van der Waals surface area contributed by atoms with Crippen LogP contribution in [-0.4, -0.2) is 54.5 Å². The highest BCUT2D eigenvalue weighted by Gasteiger charge is 2.35. The summed E-state index contributed by atoms with van der Waals surface area (Å²) >= 11 is 0. The highest BCUT2D eigenvalue weighted by atomic mass is 16.5. The van der Waals surface area contributed by atoms with Crippen LogP contribution in [0.3, 0.4) is 0 Å². The zero-order valence-corrected chi connectivity index (χ0v) is 18.5. The van der Waals surface area contributed by atoms with Crippen LogP contribution in [0, 0.1) is 0 Å². The number of amides is 2. The zero-order valence-electron chi connectivity index (χ0n) is 18.5. The smallest absolute Gasteiger partial charge is 0.407 e. The number of carboxylic acids is 1. The van der Waals surface area contributed by atoms with Crippen LogP contribution in [0.5, 0.6) is 0 Å². The molecule has 3 atom stereocenters. The molecule has 1 aliphatic carbocycles. The summed E-state index contributed by atoms with van der Waals surface area (Å²) in [5.74, 6) is -1.47. The third-order valence-corrected chi connectivity index (χ3v) is 6.27. The molecule has 3 N–H and O–H groups in total. The number of carboxylic acid groups (broad SMARTS) is 1. The van der Waals surface area contributed by atoms with Gasteiger partial charge in [-0.15, -0.1) is 0 Å². The van der Waals surface area contributed by atoms with Crippen molar-refractivity contribution in [1.82, 2.24) is 10.6 Å². The first kappa shape index (κ1) is 22.8. The number of fused-ring (bicyclic) bond motifs is 3. The van der Waals surface area contributed by atoms with E-state index in [0.29, 0.717) is 12.8 Å². The molecule has 2 aromatic rings. The number of hydrogen-bond acceptors (Lipinski definition) is 5. The summed E-state index contributed by atoms with van der Waals surface area (Å²) in [6.07, 6.45) is -0.613. The summed E-state index contributed by atoms with van der Waals surface area (Å²) in [5, 5.41) is 14.6. The third kappa shape index (κ3) is 5.01. The lowest BCUT2D eigenvalue weighted by Gasteiger charge is -2.21. The molecule has 1 heterocycles. The van der Waals surface area contributed by atoms with Crippen molar-refractivity contribution in [1.29, 1.82) is 0 Å². The van der Waals surface area contributed by atoms with Gasteiger partial charge in [-0.3, -0.25) is 4.79 Å². The number of hydrogen-bond donors (Lipinski definition) is 3. The van der Waals surface area contributed by atoms with E-state index in [1.165, 1.54) is 0 Å². The molecule has 33 heavy (non-hydrogen) atoms. The predicted octanol–water partition coefficient (Wildman–Crippen LogP) is 3.05. The van der Waals surface area contributed by atoms with Gasteiger partial charge in [0.25, 0.3) is 0 Å². The molecule has 174 valence electrons. The van der Waals surface area contributed by atoms with Crippen LogP contribution in [0.4, 0.5) is 4.79 Å². The van der Waals surface area contributed by atoms with Gasteiger partial charge in [0, 0.05) is 25.0 Å². The van der Waals surface area contributed by atoms with Crippen molar-refractivity contribution >= 4 is 18.0 Å². The van der Waals surface area contributed by atoms with E-state index < -0.39 is 30.3 Å². The second kappa shape index (κ2) is 10.0. The van der Waals surface area contributed by atoms with Crippen LogP contribution >= 0.6 is 0 Å². The lowest BCUT2D eigenvalue weighted by atomic mass is 9.98. The highest BCUT2D eigenvalue weighted by Crippen LogP contribution is 2.44. The van der Waals surface area contributed by atoms with E-state index in [1.807, 2.05) is 31.2 Å². The fourth-order valence-corrected chi connectivity index (χ4v) is 4.57. The third-order valence-electron chi connectivity index (χ3n) is 6.27. The van der Waals surface area contributed by atoms with Crippen LogP contribution in [0.1, 0.15) is 43.2 Å². The molecule has 0 unspecified atom stereocenters. The molecule has 2 aliphatic rings. The Bertz CT molecular complexity index is 994. The van der Waals surface area contributed by atoms with Gasteiger partial charge in [0.2, 0.25) is 5.91 Å². The Morgan fingerprint density at radius 1 is 1.09 bits per heavy atom. The second-order valence-corrected chi connectivity index (χ2v) is 8.37. The van der Waals surface area contributed by atoms with Crippen molar-refractivity contribution in [3.8, 4) is 11.1 Å². The fraction of sp³-hybridized carbons (Fsp3) is 0.400. The monoisotopic (exact) mass is 452 g/mol. The first-order valence-corrected chi connectivity index (χ1v) is 11.2. The maximum atomic E-state index is 12.5. The standard InChI is InChI=1S/C25H28N2O6/c1-2-15(13-22(28)27-21-11-12-32-23(21)24(29)30)26-25(31)33-14-20-18-9-5-3-7-16(18)17-8-4-6-10-19(17)20/h3-10,15,20-21,23H,2,11-14H2,1H3,(H,26,31)(H,27,28)(H,29,30)/t15-,21+,23-/m0/s1. The Morgan fingerprint density at radius 3 is 2.33 bits per heavy atom. The minimum atomic E-state index is -1.10. The van der Waals surface area contributed by atoms with Crippen molar-refractivity contribution in [3.63, 3.8) is 0 Å². The van der Waals surface area contributed by atoms with Crippen LogP contribution < -0.4 is 10.6 Å². The summed E-state index contributed by atoms with van der Waals surface area (Å²) in [6, 6.07) is 15.2. The molecule has 8 heteroatoms. The number of carbonyl (C=O) groups excluding carboxylic acids is 2. The average Bonchev–Trinajstić information content (AvgIpc) is 3.40. The number of carbonyl (C=O) groups is 3. The Balaban J connectivity index is 1.31. The van der Waals surface area contributed by atoms with Crippen molar-refractivity contribution < 1.29 is 29.0 Å². The van der Waals surface area contributed by atoms with E-state index >= 15 is 0 Å². The molecule has 4 rings (SSSR count). The van der Waals surface area contributed by atoms with E-state index in [-0.39, 0.29) is 31.5 Å². The number of benzene rings is 2. The molecule has 0 bridgehead atoms. The predicted molar refractivity (Wildman–Crippen MR) is 121 cm³/mol. The summed E-state index contributed by atoms with van der Waals surface area (Å²) in [5.41, 5.74) is 4.57. The molecule has 1 aliphatic heterocycles. The van der Waals surface area contributed by atoms with Gasteiger partial charge in [-0.25, -0.2) is 9.59 Å². The van der Waals surface area contributed by atoms with Gasteiger partial charge >= 0.3 is 12.1 Å². The SMILES string of the molecule is CC[C@@H](CC(=O)N[C@@H]1CCO[C@@H]1C(=O)O)NC(=O)OCC1c2ccccc2-c2ccccc21. The van der Waals surface area contributed by atoms with Crippen molar-refractivity contribution in [2.75, 3.05) is 13.2 Å². The van der Waals surface area contributed by atoms with Crippen molar-refractivity contribution in [3.05, 3.63) is 59.7 Å². The van der Waals surface area contributed by atoms with Crippen LogP contribution in [0.25, 0.3) is 11.1 Å². The topological polar surface area (TPSA) is 114 Å². The maximum absolute atomic E-state index is 12.5. The molecule has 2 amide bonds. The molecular weight excluding hydrogens is 424 g/mol. The minimum Gasteiger partial charge on any atom is -0.479 e. The quantitative estimate of drug-likeness (QED) is 0.567. The highest BCUT2D eigenvalue weighted by molar-refractivity contribution is 5.81. The van der Waals surface area contributed by atoms with E-state index in [2.05, 4.69) is 34.9 Å². The van der Waals surface area contributed by atoms with Gasteiger partial charge in [-0.05, 0) is 35.1 Å². The number of nitrogens with one attached hydrogen (secondary N) is 2. The lowest BCUT2D eigenvalue weighted by Crippen LogP contribution is -2.46. The van der Waals surface area contributed by atoms with Gasteiger partial charge in [0.15, 0.2) is 6.10 Å². The average molecular weight is 453 g/mol. The number of rotatable bonds is 8. The van der Waals surface area contributed by atoms with Gasteiger partial charge in [0.1, 0.15) is 6.61 Å². The number of ether oxygens (including phenoxy) is 2. The normalized spacial score (nSPS) is 19.9. The molecular formula is C25H28N2O6. The molecule has 8 nitrogen and oxygen atoms in total. The molecule has 1 saturated heterocycles. The molecule has 0 radical (unpaired) electrons. The van der Waals surface area contributed by atoms with Crippen LogP contribution in [-0.2, 0) is 19.1 Å². The number of aliphatic carboxylic acids is 1. The number of alkyl carbamates (subject to hydrolysis) is 1. The van der Waals surface area contributed by atoms with Gasteiger partial charge in [0.05, 0.1) is 6.04 Å². The zero-order chi connectivity index (χ0) is 23.4. The summed E-state index contributed by atoms with van der Waals surface area (Å²) in [6.45, 7) is 2.35. The van der Waals surface area contributed by atoms with Gasteiger partial charge in [-0.2, -0.15) is 0 Å². The van der Waals surface area contributed by atoms with E-state index in [9.17, 15) is 14.4 Å². The van der Waals surface area contributed by atoms with Crippen LogP contribution in [0.15, 0.2) is 48.5 Å². The molecule has 2 aromatic carbocycles. The summed E-state index contributed by atoms with van der Waals surface area (Å²) < 4.78 is 10.7. The van der Waals surface area contributed by atoms with E-state index in [4.69, 9.17) is 14.6 Å². The molecule has 0 spiro atoms. The summed E-state index contributed by atoms with van der Waals surface area (Å²) in [7, 11) is 0. The molecule has 1 fully saturated rings. The first-order chi connectivity index (χ1) is 16.0. The van der Waals surface area contributed by atoms with Crippen LogP contribution in [0.2, 0.25) is 0 Å². The van der Waals surface area contributed by atoms with Gasteiger partial charge < -0.3 is 25.2 Å². The van der Waals surface area contributed by atoms with E-state index in [1.54, 1.807) is 0 Å². The maximum Gasteiger partial charge on any atom is 0.407 e. The van der Waals surface area contributed by atoms with Crippen molar-refractivity contribution in [2.45, 2.75) is 50.3 Å². The molecule has 0 aromatic heterocycles. The Kier molecular flexibility index (Phi) is 6.93. The minimum absolute atomic E-state index is 0.0313. The first-order valence-electron chi connectivity index (χ1n) is 11.2. The summed E-state index contributed by atoms with van der Waals surface area (Å²) in [4.78, 5) is 36.1.